The zero-order valence-corrected chi connectivity index (χ0v) is 11.4. The lowest BCUT2D eigenvalue weighted by Gasteiger charge is -2.27. The highest BCUT2D eigenvalue weighted by molar-refractivity contribution is 5.57. The van der Waals surface area contributed by atoms with Crippen molar-refractivity contribution in [1.29, 1.82) is 0 Å². The van der Waals surface area contributed by atoms with Crippen molar-refractivity contribution in [2.75, 3.05) is 24.5 Å². The molecule has 1 aromatic carbocycles. The Kier molecular flexibility index (Phi) is 3.55. The van der Waals surface area contributed by atoms with Crippen LogP contribution in [-0.2, 0) is 6.42 Å². The summed E-state index contributed by atoms with van der Waals surface area (Å²) in [4.78, 5) is 2.61. The monoisotopic (exact) mass is 244 g/mol. The van der Waals surface area contributed by atoms with Crippen LogP contribution in [0.4, 0.5) is 5.69 Å². The lowest BCUT2D eigenvalue weighted by Crippen LogP contribution is -2.38. The average Bonchev–Trinajstić information content (AvgIpc) is 2.99. The van der Waals surface area contributed by atoms with Gasteiger partial charge in [0.15, 0.2) is 0 Å². The van der Waals surface area contributed by atoms with E-state index >= 15 is 0 Å². The molecule has 0 saturated heterocycles. The van der Waals surface area contributed by atoms with Gasteiger partial charge in [-0.25, -0.2) is 0 Å². The number of hydrogen-bond donors (Lipinski definition) is 1. The number of nitrogens with one attached hydrogen (secondary N) is 1. The van der Waals surface area contributed by atoms with Crippen molar-refractivity contribution >= 4 is 5.69 Å². The van der Waals surface area contributed by atoms with E-state index in [0.717, 1.165) is 18.5 Å². The van der Waals surface area contributed by atoms with Gasteiger partial charge in [0.1, 0.15) is 0 Å². The van der Waals surface area contributed by atoms with Gasteiger partial charge in [0.05, 0.1) is 0 Å². The summed E-state index contributed by atoms with van der Waals surface area (Å²) >= 11 is 0. The highest BCUT2D eigenvalue weighted by atomic mass is 15.2. The van der Waals surface area contributed by atoms with Crippen LogP contribution < -0.4 is 10.2 Å². The molecule has 0 radical (unpaired) electrons. The number of rotatable bonds is 4. The Bertz CT molecular complexity index is 402. The third kappa shape index (κ3) is 2.26. The summed E-state index contributed by atoms with van der Waals surface area (Å²) in [6.07, 6.45) is 5.40. The topological polar surface area (TPSA) is 15.3 Å². The fourth-order valence-electron chi connectivity index (χ4n) is 3.67. The second kappa shape index (κ2) is 5.31. The molecule has 2 atom stereocenters. The molecule has 0 amide bonds. The Hall–Kier alpha value is -1.02. The summed E-state index contributed by atoms with van der Waals surface area (Å²) < 4.78 is 0. The highest BCUT2D eigenvalue weighted by Crippen LogP contribution is 2.32. The van der Waals surface area contributed by atoms with E-state index in [1.807, 2.05) is 0 Å². The van der Waals surface area contributed by atoms with Crippen LogP contribution in [0.15, 0.2) is 24.3 Å². The van der Waals surface area contributed by atoms with Crippen LogP contribution in [0.5, 0.6) is 0 Å². The van der Waals surface area contributed by atoms with E-state index in [-0.39, 0.29) is 0 Å². The van der Waals surface area contributed by atoms with Gasteiger partial charge in [-0.1, -0.05) is 31.5 Å². The van der Waals surface area contributed by atoms with Crippen molar-refractivity contribution in [1.82, 2.24) is 5.32 Å². The third-order valence-electron chi connectivity index (χ3n) is 4.56. The van der Waals surface area contributed by atoms with Gasteiger partial charge in [-0.2, -0.15) is 0 Å². The maximum Gasteiger partial charge on any atom is 0.0399 e. The average molecular weight is 244 g/mol. The molecule has 3 rings (SSSR count). The van der Waals surface area contributed by atoms with Crippen LogP contribution in [0.1, 0.15) is 31.7 Å². The van der Waals surface area contributed by atoms with E-state index in [1.54, 1.807) is 0 Å². The van der Waals surface area contributed by atoms with E-state index in [0.29, 0.717) is 0 Å². The zero-order chi connectivity index (χ0) is 12.4. The van der Waals surface area contributed by atoms with Gasteiger partial charge in [-0.3, -0.25) is 0 Å². The maximum absolute atomic E-state index is 3.67. The van der Waals surface area contributed by atoms with Crippen molar-refractivity contribution in [2.45, 2.75) is 38.6 Å². The van der Waals surface area contributed by atoms with E-state index in [9.17, 15) is 0 Å². The molecule has 1 saturated carbocycles. The number of anilines is 1. The van der Waals surface area contributed by atoms with Crippen LogP contribution >= 0.6 is 0 Å². The normalized spacial score (nSPS) is 26.6. The summed E-state index contributed by atoms with van der Waals surface area (Å²) in [6.45, 7) is 5.79. The molecule has 1 aliphatic carbocycles. The number of fused-ring (bicyclic) bond motifs is 1. The van der Waals surface area contributed by atoms with Crippen LogP contribution in [0.2, 0.25) is 0 Å². The van der Waals surface area contributed by atoms with E-state index in [2.05, 4.69) is 41.4 Å². The zero-order valence-electron chi connectivity index (χ0n) is 11.4. The lowest BCUT2D eigenvalue weighted by atomic mass is 10.0. The van der Waals surface area contributed by atoms with E-state index in [4.69, 9.17) is 0 Å². The van der Waals surface area contributed by atoms with Crippen LogP contribution in [-0.4, -0.2) is 25.7 Å². The first-order valence-corrected chi connectivity index (χ1v) is 7.44. The molecular weight excluding hydrogens is 220 g/mol. The number of benzene rings is 1. The largest absolute Gasteiger partial charge is 0.371 e. The fraction of sp³-hybridized carbons (Fsp3) is 0.625. The van der Waals surface area contributed by atoms with Gasteiger partial charge in [0.2, 0.25) is 0 Å². The Morgan fingerprint density at radius 3 is 3.06 bits per heavy atom. The minimum Gasteiger partial charge on any atom is -0.371 e. The van der Waals surface area contributed by atoms with Gasteiger partial charge in [0, 0.05) is 24.8 Å². The summed E-state index contributed by atoms with van der Waals surface area (Å²) in [5.41, 5.74) is 3.02. The molecule has 1 fully saturated rings. The van der Waals surface area contributed by atoms with Gasteiger partial charge >= 0.3 is 0 Å². The summed E-state index contributed by atoms with van der Waals surface area (Å²) in [6, 6.07) is 9.67. The molecular formula is C16H24N2. The second-order valence-electron chi connectivity index (χ2n) is 5.68. The summed E-state index contributed by atoms with van der Waals surface area (Å²) in [7, 11) is 0. The Morgan fingerprint density at radius 1 is 1.28 bits per heavy atom. The predicted octanol–water partition coefficient (Wildman–Crippen LogP) is 2.83. The number of hydrogen-bond acceptors (Lipinski definition) is 2. The SMILES string of the molecule is CCNC1CCCC1CN1CCc2ccccc21. The Balaban J connectivity index is 1.67. The minimum atomic E-state index is 0.753. The molecule has 2 unspecified atom stereocenters. The van der Waals surface area contributed by atoms with Crippen molar-refractivity contribution in [3.63, 3.8) is 0 Å². The predicted molar refractivity (Wildman–Crippen MR) is 77.2 cm³/mol. The maximum atomic E-state index is 3.67. The van der Waals surface area contributed by atoms with Crippen molar-refractivity contribution < 1.29 is 0 Å². The van der Waals surface area contributed by atoms with Crippen molar-refractivity contribution in [3.05, 3.63) is 29.8 Å². The molecule has 0 spiro atoms. The van der Waals surface area contributed by atoms with Gasteiger partial charge in [-0.15, -0.1) is 0 Å². The van der Waals surface area contributed by atoms with E-state index < -0.39 is 0 Å². The van der Waals surface area contributed by atoms with Gasteiger partial charge in [0.25, 0.3) is 0 Å². The molecule has 1 heterocycles. The lowest BCUT2D eigenvalue weighted by molar-refractivity contribution is 0.408. The molecule has 1 aromatic rings. The van der Waals surface area contributed by atoms with Crippen LogP contribution in [0.25, 0.3) is 0 Å². The Labute approximate surface area is 110 Å². The van der Waals surface area contributed by atoms with Crippen LogP contribution in [0, 0.1) is 5.92 Å². The molecule has 2 nitrogen and oxygen atoms in total. The molecule has 2 heteroatoms. The first-order chi connectivity index (χ1) is 8.88. The van der Waals surface area contributed by atoms with Crippen molar-refractivity contribution in [3.8, 4) is 0 Å². The molecule has 1 aliphatic heterocycles. The van der Waals surface area contributed by atoms with Crippen molar-refractivity contribution in [2.24, 2.45) is 5.92 Å². The second-order valence-corrected chi connectivity index (χ2v) is 5.68. The van der Waals surface area contributed by atoms with E-state index in [1.165, 1.54) is 50.0 Å². The fourth-order valence-corrected chi connectivity index (χ4v) is 3.67. The third-order valence-corrected chi connectivity index (χ3v) is 4.56. The first kappa shape index (κ1) is 12.0. The summed E-state index contributed by atoms with van der Waals surface area (Å²) in [5, 5.41) is 3.67. The smallest absolute Gasteiger partial charge is 0.0399 e. The summed E-state index contributed by atoms with van der Waals surface area (Å²) in [5.74, 6) is 0.844. The van der Waals surface area contributed by atoms with Gasteiger partial charge < -0.3 is 10.2 Å². The molecule has 2 aliphatic rings. The number of para-hydroxylation sites is 1. The molecule has 98 valence electrons. The quantitative estimate of drug-likeness (QED) is 0.876. The highest BCUT2D eigenvalue weighted by Gasteiger charge is 2.30. The standard InChI is InChI=1S/C16H24N2/c1-2-17-15-8-5-7-14(15)12-18-11-10-13-6-3-4-9-16(13)18/h3-4,6,9,14-15,17H,2,5,7-8,10-12H2,1H3. The van der Waals surface area contributed by atoms with Gasteiger partial charge in [-0.05, 0) is 43.4 Å². The minimum absolute atomic E-state index is 0.753. The molecule has 18 heavy (non-hydrogen) atoms. The molecule has 0 aromatic heterocycles. The molecule has 1 N–H and O–H groups in total. The van der Waals surface area contributed by atoms with Crippen LogP contribution in [0.3, 0.4) is 0 Å². The number of nitrogens with zero attached hydrogens (tertiary/aromatic N) is 1. The Morgan fingerprint density at radius 2 is 2.17 bits per heavy atom. The molecule has 0 bridgehead atoms. The first-order valence-electron chi connectivity index (χ1n) is 7.44.